The van der Waals surface area contributed by atoms with Crippen molar-refractivity contribution in [2.24, 2.45) is 0 Å². The molecule has 0 spiro atoms. The number of carboxylic acids is 1. The number of carbonyl (C=O) groups excluding carboxylic acids is 1. The fraction of sp³-hybridized carbons (Fsp3) is 0.375. The van der Waals surface area contributed by atoms with Gasteiger partial charge in [-0.05, 0) is 39.0 Å². The molecule has 136 valence electrons. The first-order valence-corrected chi connectivity index (χ1v) is 9.28. The monoisotopic (exact) mass is 368 g/mol. The van der Waals surface area contributed by atoms with Gasteiger partial charge in [-0.15, -0.1) is 0 Å². The van der Waals surface area contributed by atoms with Gasteiger partial charge in [0.05, 0.1) is 17.5 Å². The average Bonchev–Trinajstić information content (AvgIpc) is 2.78. The first-order chi connectivity index (χ1) is 11.4. The Morgan fingerprint density at radius 1 is 1.24 bits per heavy atom. The van der Waals surface area contributed by atoms with Crippen LogP contribution in [0.15, 0.2) is 30.5 Å². The molecule has 0 aliphatic heterocycles. The Bertz CT molecular complexity index is 924. The van der Waals surface area contributed by atoms with Crippen LogP contribution >= 0.6 is 0 Å². The summed E-state index contributed by atoms with van der Waals surface area (Å²) in [5.74, 6) is -1.03. The summed E-state index contributed by atoms with van der Waals surface area (Å²) in [7, 11) is -3.96. The van der Waals surface area contributed by atoms with Crippen molar-refractivity contribution in [3.05, 3.63) is 30.5 Å². The Hall–Kier alpha value is -2.55. The van der Waals surface area contributed by atoms with Crippen molar-refractivity contribution in [3.63, 3.8) is 0 Å². The number of anilines is 1. The predicted molar refractivity (Wildman–Crippen MR) is 93.1 cm³/mol. The first-order valence-electron chi connectivity index (χ1n) is 7.43. The molecule has 1 amide bonds. The van der Waals surface area contributed by atoms with Gasteiger partial charge >= 0.3 is 12.1 Å². The molecule has 0 bridgehead atoms. The van der Waals surface area contributed by atoms with Crippen LogP contribution < -0.4 is 4.31 Å². The molecule has 0 aliphatic rings. The number of amides is 1. The zero-order valence-electron chi connectivity index (χ0n) is 14.4. The third-order valence-electron chi connectivity index (χ3n) is 3.21. The Morgan fingerprint density at radius 2 is 1.88 bits per heavy atom. The van der Waals surface area contributed by atoms with Crippen LogP contribution in [-0.4, -0.2) is 42.0 Å². The highest BCUT2D eigenvalue weighted by molar-refractivity contribution is 7.92. The van der Waals surface area contributed by atoms with Crippen LogP contribution in [0.2, 0.25) is 0 Å². The van der Waals surface area contributed by atoms with Crippen LogP contribution in [0.4, 0.5) is 10.5 Å². The minimum atomic E-state index is -3.96. The van der Waals surface area contributed by atoms with E-state index in [9.17, 15) is 18.0 Å². The number of nitrogens with zero attached hydrogens (tertiary/aromatic N) is 2. The fourth-order valence-electron chi connectivity index (χ4n) is 2.38. The molecule has 0 unspecified atom stereocenters. The summed E-state index contributed by atoms with van der Waals surface area (Å²) in [5.41, 5.74) is -0.265. The van der Waals surface area contributed by atoms with Crippen molar-refractivity contribution < 1.29 is 27.9 Å². The summed E-state index contributed by atoms with van der Waals surface area (Å²) >= 11 is 0. The maximum absolute atomic E-state index is 12.5. The smallest absolute Gasteiger partial charge is 0.428 e. The van der Waals surface area contributed by atoms with Gasteiger partial charge in [-0.2, -0.15) is 4.31 Å². The lowest BCUT2D eigenvalue weighted by molar-refractivity contribution is -0.137. The van der Waals surface area contributed by atoms with Crippen LogP contribution in [0.5, 0.6) is 0 Å². The number of ether oxygens (including phenoxy) is 1. The average molecular weight is 368 g/mol. The van der Waals surface area contributed by atoms with Crippen LogP contribution in [-0.2, 0) is 26.1 Å². The summed E-state index contributed by atoms with van der Waals surface area (Å²) in [6, 6.07) is 6.24. The molecule has 0 radical (unpaired) electrons. The number of hydrogen-bond acceptors (Lipinski definition) is 5. The molecule has 1 aromatic carbocycles. The molecule has 0 saturated heterocycles. The van der Waals surface area contributed by atoms with Crippen LogP contribution in [0.25, 0.3) is 10.9 Å². The number of carbonyl (C=O) groups is 2. The third kappa shape index (κ3) is 4.30. The molecular formula is C16H20N2O6S. The molecule has 0 atom stereocenters. The molecule has 25 heavy (non-hydrogen) atoms. The number of fused-ring (bicyclic) bond motifs is 1. The van der Waals surface area contributed by atoms with Gasteiger partial charge in [0.2, 0.25) is 10.0 Å². The van der Waals surface area contributed by atoms with Gasteiger partial charge in [0.1, 0.15) is 12.1 Å². The SMILES string of the molecule is CC(C)(C)OC(=O)N(c1cccc2c1ccn2CC(=O)O)S(C)(=O)=O. The van der Waals surface area contributed by atoms with Crippen molar-refractivity contribution in [1.82, 2.24) is 4.57 Å². The van der Waals surface area contributed by atoms with Crippen LogP contribution in [0.3, 0.4) is 0 Å². The zero-order chi connectivity index (χ0) is 19.0. The van der Waals surface area contributed by atoms with E-state index in [0.717, 1.165) is 6.26 Å². The second-order valence-corrected chi connectivity index (χ2v) is 8.39. The highest BCUT2D eigenvalue weighted by atomic mass is 32.2. The molecule has 2 rings (SSSR count). The Labute approximate surface area is 145 Å². The number of hydrogen-bond donors (Lipinski definition) is 1. The number of aliphatic carboxylic acids is 1. The highest BCUT2D eigenvalue weighted by Crippen LogP contribution is 2.30. The number of rotatable bonds is 4. The lowest BCUT2D eigenvalue weighted by Crippen LogP contribution is -2.40. The van der Waals surface area contributed by atoms with Gasteiger partial charge in [-0.25, -0.2) is 13.2 Å². The zero-order valence-corrected chi connectivity index (χ0v) is 15.2. The number of aromatic nitrogens is 1. The normalized spacial score (nSPS) is 12.2. The van der Waals surface area contributed by atoms with Crippen molar-refractivity contribution in [1.29, 1.82) is 0 Å². The van der Waals surface area contributed by atoms with E-state index in [1.807, 2.05) is 0 Å². The van der Waals surface area contributed by atoms with Crippen LogP contribution in [0.1, 0.15) is 20.8 Å². The quantitative estimate of drug-likeness (QED) is 0.888. The molecule has 1 heterocycles. The molecule has 0 fully saturated rings. The van der Waals surface area contributed by atoms with E-state index in [0.29, 0.717) is 15.2 Å². The molecule has 9 heteroatoms. The van der Waals surface area contributed by atoms with Gasteiger partial charge in [-0.3, -0.25) is 4.79 Å². The second kappa shape index (κ2) is 6.40. The number of benzene rings is 1. The van der Waals surface area contributed by atoms with E-state index in [-0.39, 0.29) is 12.2 Å². The van der Waals surface area contributed by atoms with E-state index in [1.165, 1.54) is 16.8 Å². The van der Waals surface area contributed by atoms with E-state index >= 15 is 0 Å². The van der Waals surface area contributed by atoms with Gasteiger partial charge in [0.25, 0.3) is 0 Å². The van der Waals surface area contributed by atoms with E-state index in [1.54, 1.807) is 39.0 Å². The molecule has 2 aromatic rings. The second-order valence-electron chi connectivity index (χ2n) is 6.56. The maximum Gasteiger partial charge on any atom is 0.428 e. The topological polar surface area (TPSA) is 106 Å². The van der Waals surface area contributed by atoms with Crippen LogP contribution in [0, 0.1) is 0 Å². The van der Waals surface area contributed by atoms with E-state index in [4.69, 9.17) is 9.84 Å². The summed E-state index contributed by atoms with van der Waals surface area (Å²) < 4.78 is 31.7. The van der Waals surface area contributed by atoms with E-state index < -0.39 is 27.7 Å². The third-order valence-corrected chi connectivity index (χ3v) is 4.22. The van der Waals surface area contributed by atoms with Crippen molar-refractivity contribution >= 4 is 38.7 Å². The molecule has 1 aromatic heterocycles. The summed E-state index contributed by atoms with van der Waals surface area (Å²) in [5, 5.41) is 9.40. The van der Waals surface area contributed by atoms with Crippen molar-refractivity contribution in [2.45, 2.75) is 32.9 Å². The lowest BCUT2D eigenvalue weighted by atomic mass is 10.2. The maximum atomic E-state index is 12.5. The van der Waals surface area contributed by atoms with E-state index in [2.05, 4.69) is 0 Å². The standard InChI is InChI=1S/C16H20N2O6S/c1-16(2,3)24-15(21)18(25(4,22)23)13-7-5-6-12-11(13)8-9-17(12)10-14(19)20/h5-9H,10H2,1-4H3,(H,19,20). The largest absolute Gasteiger partial charge is 0.480 e. The van der Waals surface area contributed by atoms with Gasteiger partial charge in [0, 0.05) is 11.6 Å². The fourth-order valence-corrected chi connectivity index (χ4v) is 3.21. The Kier molecular flexibility index (Phi) is 4.81. The van der Waals surface area contributed by atoms with Gasteiger partial charge in [0.15, 0.2) is 0 Å². The molecular weight excluding hydrogens is 348 g/mol. The Balaban J connectivity index is 2.61. The molecule has 8 nitrogen and oxygen atoms in total. The molecule has 0 saturated carbocycles. The minimum absolute atomic E-state index is 0.110. The predicted octanol–water partition coefficient (Wildman–Crippen LogP) is 2.43. The minimum Gasteiger partial charge on any atom is -0.480 e. The summed E-state index contributed by atoms with van der Waals surface area (Å²) in [4.78, 5) is 23.4. The Morgan fingerprint density at radius 3 is 2.40 bits per heavy atom. The molecule has 1 N–H and O–H groups in total. The lowest BCUT2D eigenvalue weighted by Gasteiger charge is -2.26. The number of sulfonamides is 1. The number of carboxylic acid groups (broad SMARTS) is 1. The van der Waals surface area contributed by atoms with Crippen molar-refractivity contribution in [3.8, 4) is 0 Å². The van der Waals surface area contributed by atoms with Gasteiger partial charge < -0.3 is 14.4 Å². The summed E-state index contributed by atoms with van der Waals surface area (Å²) in [6.45, 7) is 4.62. The highest BCUT2D eigenvalue weighted by Gasteiger charge is 2.31. The first kappa shape index (κ1) is 18.8. The van der Waals surface area contributed by atoms with Gasteiger partial charge in [-0.1, -0.05) is 6.07 Å². The summed E-state index contributed by atoms with van der Waals surface area (Å²) in [6.07, 6.45) is 1.41. The molecule has 0 aliphatic carbocycles. The van der Waals surface area contributed by atoms with Crippen molar-refractivity contribution in [2.75, 3.05) is 10.6 Å².